The van der Waals surface area contributed by atoms with Crippen LogP contribution in [0.15, 0.2) is 42.6 Å². The number of rotatable bonds is 4. The quantitative estimate of drug-likeness (QED) is 0.763. The van der Waals surface area contributed by atoms with E-state index in [9.17, 15) is 5.11 Å². The van der Waals surface area contributed by atoms with E-state index in [1.807, 2.05) is 43.3 Å². The van der Waals surface area contributed by atoms with Crippen molar-refractivity contribution in [1.82, 2.24) is 19.9 Å². The fourth-order valence-corrected chi connectivity index (χ4v) is 3.14. The number of aliphatic hydroxyl groups excluding tert-OH is 1. The van der Waals surface area contributed by atoms with Gasteiger partial charge in [0.25, 0.3) is 0 Å². The summed E-state index contributed by atoms with van der Waals surface area (Å²) in [6.45, 7) is 4.91. The van der Waals surface area contributed by atoms with Crippen LogP contribution < -0.4 is 9.64 Å². The maximum atomic E-state index is 9.74. The number of ether oxygens (including phenoxy) is 1. The molecule has 7 heteroatoms. The zero-order valence-electron chi connectivity index (χ0n) is 15.3. The fraction of sp³-hybridized carbons (Fsp3) is 0.300. The molecule has 0 saturated heterocycles. The maximum absolute atomic E-state index is 9.74. The van der Waals surface area contributed by atoms with E-state index in [0.29, 0.717) is 24.1 Å². The fourth-order valence-electron chi connectivity index (χ4n) is 3.14. The Labute approximate surface area is 157 Å². The molecule has 2 aromatic heterocycles. The summed E-state index contributed by atoms with van der Waals surface area (Å²) in [7, 11) is 0. The molecule has 3 aromatic rings. The first kappa shape index (κ1) is 17.4. The van der Waals surface area contributed by atoms with Crippen LogP contribution in [-0.4, -0.2) is 31.6 Å². The van der Waals surface area contributed by atoms with Crippen LogP contribution >= 0.6 is 0 Å². The van der Waals surface area contributed by atoms with Crippen molar-refractivity contribution in [2.45, 2.75) is 32.9 Å². The molecule has 0 amide bonds. The van der Waals surface area contributed by atoms with Crippen molar-refractivity contribution in [3.05, 3.63) is 65.5 Å². The molecular formula is C20H21N5O2. The first-order chi connectivity index (χ1) is 13.1. The Balaban J connectivity index is 1.62. The molecule has 0 unspecified atom stereocenters. The molecule has 138 valence electrons. The summed E-state index contributed by atoms with van der Waals surface area (Å²) in [5.74, 6) is 3.26. The van der Waals surface area contributed by atoms with Crippen molar-refractivity contribution < 1.29 is 9.84 Å². The van der Waals surface area contributed by atoms with E-state index in [1.54, 1.807) is 13.1 Å². The second kappa shape index (κ2) is 7.28. The number of aryl methyl sites for hydroxylation is 1. The van der Waals surface area contributed by atoms with Gasteiger partial charge in [-0.15, -0.1) is 0 Å². The molecule has 0 radical (unpaired) electrons. The van der Waals surface area contributed by atoms with Crippen LogP contribution in [0.1, 0.15) is 35.9 Å². The van der Waals surface area contributed by atoms with Crippen LogP contribution in [0.3, 0.4) is 0 Å². The lowest BCUT2D eigenvalue weighted by molar-refractivity contribution is 0.189. The lowest BCUT2D eigenvalue weighted by Gasteiger charge is -2.30. The highest BCUT2D eigenvalue weighted by Gasteiger charge is 2.24. The number of nitrogens with zero attached hydrogens (tertiary/aromatic N) is 5. The molecule has 0 saturated carbocycles. The van der Waals surface area contributed by atoms with Gasteiger partial charge in [0, 0.05) is 18.3 Å². The molecular weight excluding hydrogens is 342 g/mol. The molecule has 7 nitrogen and oxygen atoms in total. The molecule has 27 heavy (non-hydrogen) atoms. The minimum Gasteiger partial charge on any atom is -0.439 e. The largest absolute Gasteiger partial charge is 0.439 e. The summed E-state index contributed by atoms with van der Waals surface area (Å²) in [5, 5.41) is 9.74. The highest BCUT2D eigenvalue weighted by atomic mass is 16.5. The third-order valence-electron chi connectivity index (χ3n) is 4.45. The minimum atomic E-state index is -0.697. The zero-order chi connectivity index (χ0) is 18.8. The number of fused-ring (bicyclic) bond motifs is 1. The lowest BCUT2D eigenvalue weighted by Crippen LogP contribution is -2.32. The number of hydrogen-bond acceptors (Lipinski definition) is 7. The molecule has 0 bridgehead atoms. The molecule has 1 N–H and O–H groups in total. The Morgan fingerprint density at radius 2 is 1.93 bits per heavy atom. The SMILES string of the molecule is Cc1nc2c(c(Oc3ccccc3)n1)CCN(c1ccnc([C@@H](C)O)n1)C2. The topological polar surface area (TPSA) is 84.3 Å². The first-order valence-corrected chi connectivity index (χ1v) is 8.95. The highest BCUT2D eigenvalue weighted by molar-refractivity contribution is 5.45. The van der Waals surface area contributed by atoms with Crippen LogP contribution in [0.4, 0.5) is 5.82 Å². The second-order valence-corrected chi connectivity index (χ2v) is 6.54. The summed E-state index contributed by atoms with van der Waals surface area (Å²) in [5.41, 5.74) is 1.97. The number of para-hydroxylation sites is 1. The highest BCUT2D eigenvalue weighted by Crippen LogP contribution is 2.30. The van der Waals surface area contributed by atoms with Crippen LogP contribution in [0.5, 0.6) is 11.6 Å². The third-order valence-corrected chi connectivity index (χ3v) is 4.45. The average Bonchev–Trinajstić information content (AvgIpc) is 2.68. The second-order valence-electron chi connectivity index (χ2n) is 6.54. The maximum Gasteiger partial charge on any atom is 0.226 e. The molecule has 0 aliphatic carbocycles. The zero-order valence-corrected chi connectivity index (χ0v) is 15.3. The van der Waals surface area contributed by atoms with Gasteiger partial charge in [0.15, 0.2) is 5.82 Å². The van der Waals surface area contributed by atoms with Gasteiger partial charge in [-0.2, -0.15) is 4.98 Å². The van der Waals surface area contributed by atoms with Crippen LogP contribution in [0.25, 0.3) is 0 Å². The molecule has 1 atom stereocenters. The standard InChI is InChI=1S/C20H21N5O2/c1-13(26)19-21-10-8-18(24-19)25-11-9-16-17(12-25)22-14(2)23-20(16)27-15-6-4-3-5-7-15/h3-8,10,13,26H,9,11-12H2,1-2H3/t13-/m1/s1. The van der Waals surface area contributed by atoms with Gasteiger partial charge in [-0.1, -0.05) is 18.2 Å². The molecule has 3 heterocycles. The number of anilines is 1. The van der Waals surface area contributed by atoms with E-state index < -0.39 is 6.10 Å². The van der Waals surface area contributed by atoms with E-state index in [0.717, 1.165) is 35.8 Å². The predicted octanol–water partition coefficient (Wildman–Crippen LogP) is 2.98. The van der Waals surface area contributed by atoms with E-state index in [-0.39, 0.29) is 0 Å². The van der Waals surface area contributed by atoms with E-state index in [4.69, 9.17) is 4.74 Å². The van der Waals surface area contributed by atoms with Gasteiger partial charge in [-0.3, -0.25) is 0 Å². The molecule has 0 fully saturated rings. The van der Waals surface area contributed by atoms with Crippen LogP contribution in [0, 0.1) is 6.92 Å². The Bertz CT molecular complexity index is 946. The molecule has 4 rings (SSSR count). The average molecular weight is 363 g/mol. The predicted molar refractivity (Wildman–Crippen MR) is 101 cm³/mol. The first-order valence-electron chi connectivity index (χ1n) is 8.95. The summed E-state index contributed by atoms with van der Waals surface area (Å²) < 4.78 is 6.02. The molecule has 1 aromatic carbocycles. The minimum absolute atomic E-state index is 0.422. The molecule has 1 aliphatic heterocycles. The van der Waals surface area contributed by atoms with Crippen LogP contribution in [0.2, 0.25) is 0 Å². The Kier molecular flexibility index (Phi) is 4.68. The number of aromatic nitrogens is 4. The lowest BCUT2D eigenvalue weighted by atomic mass is 10.1. The van der Waals surface area contributed by atoms with Crippen molar-refractivity contribution in [1.29, 1.82) is 0 Å². The van der Waals surface area contributed by atoms with Crippen molar-refractivity contribution in [3.63, 3.8) is 0 Å². The summed E-state index contributed by atoms with van der Waals surface area (Å²) in [6, 6.07) is 11.5. The Morgan fingerprint density at radius 1 is 1.11 bits per heavy atom. The Morgan fingerprint density at radius 3 is 2.70 bits per heavy atom. The molecule has 0 spiro atoms. The number of benzene rings is 1. The van der Waals surface area contributed by atoms with E-state index in [1.165, 1.54) is 0 Å². The number of aliphatic hydroxyl groups is 1. The summed E-state index contributed by atoms with van der Waals surface area (Å²) in [6.07, 6.45) is 1.73. The summed E-state index contributed by atoms with van der Waals surface area (Å²) >= 11 is 0. The van der Waals surface area contributed by atoms with Gasteiger partial charge in [-0.05, 0) is 38.5 Å². The van der Waals surface area contributed by atoms with Crippen molar-refractivity contribution >= 4 is 5.82 Å². The van der Waals surface area contributed by atoms with Gasteiger partial charge >= 0.3 is 0 Å². The van der Waals surface area contributed by atoms with Gasteiger partial charge in [-0.25, -0.2) is 15.0 Å². The van der Waals surface area contributed by atoms with Gasteiger partial charge in [0.1, 0.15) is 23.5 Å². The summed E-state index contributed by atoms with van der Waals surface area (Å²) in [4.78, 5) is 19.9. The van der Waals surface area contributed by atoms with Crippen molar-refractivity contribution in [2.24, 2.45) is 0 Å². The van der Waals surface area contributed by atoms with Gasteiger partial charge in [0.2, 0.25) is 5.88 Å². The van der Waals surface area contributed by atoms with Gasteiger partial charge < -0.3 is 14.7 Å². The number of hydrogen-bond donors (Lipinski definition) is 1. The molecule has 1 aliphatic rings. The third kappa shape index (κ3) is 3.73. The van der Waals surface area contributed by atoms with Gasteiger partial charge in [0.05, 0.1) is 12.2 Å². The smallest absolute Gasteiger partial charge is 0.226 e. The van der Waals surface area contributed by atoms with Crippen LogP contribution in [-0.2, 0) is 13.0 Å². The van der Waals surface area contributed by atoms with Crippen molar-refractivity contribution in [2.75, 3.05) is 11.4 Å². The normalized spacial score (nSPS) is 14.6. The van der Waals surface area contributed by atoms with Crippen molar-refractivity contribution in [3.8, 4) is 11.6 Å². The monoisotopic (exact) mass is 363 g/mol. The Hall–Kier alpha value is -3.06. The van der Waals surface area contributed by atoms with E-state index >= 15 is 0 Å². The van der Waals surface area contributed by atoms with E-state index in [2.05, 4.69) is 24.8 Å².